The van der Waals surface area contributed by atoms with E-state index in [1.54, 1.807) is 12.5 Å². The SMILES string of the molecule is CN(CCN1CCN(c2ncncc2Cl)CC1)Cc1ccccc1. The highest BCUT2D eigenvalue weighted by molar-refractivity contribution is 6.32. The van der Waals surface area contributed by atoms with Gasteiger partial charge in [0.2, 0.25) is 0 Å². The van der Waals surface area contributed by atoms with Gasteiger partial charge in [0, 0.05) is 45.8 Å². The zero-order valence-corrected chi connectivity index (χ0v) is 14.9. The van der Waals surface area contributed by atoms with Gasteiger partial charge in [0.15, 0.2) is 5.82 Å². The van der Waals surface area contributed by atoms with Crippen molar-refractivity contribution in [2.24, 2.45) is 0 Å². The Kier molecular flexibility index (Phi) is 6.01. The van der Waals surface area contributed by atoms with E-state index in [1.165, 1.54) is 5.56 Å². The number of hydrogen-bond donors (Lipinski definition) is 0. The Morgan fingerprint density at radius 2 is 1.88 bits per heavy atom. The number of anilines is 1. The second-order valence-electron chi connectivity index (χ2n) is 6.25. The summed E-state index contributed by atoms with van der Waals surface area (Å²) >= 11 is 6.19. The number of likely N-dealkylation sites (N-methyl/N-ethyl adjacent to an activating group) is 1. The number of benzene rings is 1. The van der Waals surface area contributed by atoms with Crippen LogP contribution >= 0.6 is 11.6 Å². The molecule has 1 fully saturated rings. The minimum Gasteiger partial charge on any atom is -0.353 e. The lowest BCUT2D eigenvalue weighted by molar-refractivity contribution is 0.212. The largest absolute Gasteiger partial charge is 0.353 e. The van der Waals surface area contributed by atoms with Crippen molar-refractivity contribution in [3.8, 4) is 0 Å². The second-order valence-corrected chi connectivity index (χ2v) is 6.65. The van der Waals surface area contributed by atoms with E-state index in [9.17, 15) is 0 Å². The highest BCUT2D eigenvalue weighted by Crippen LogP contribution is 2.22. The topological polar surface area (TPSA) is 35.5 Å². The summed E-state index contributed by atoms with van der Waals surface area (Å²) in [6, 6.07) is 10.6. The van der Waals surface area contributed by atoms with Crippen molar-refractivity contribution in [2.75, 3.05) is 51.2 Å². The van der Waals surface area contributed by atoms with Gasteiger partial charge < -0.3 is 9.80 Å². The summed E-state index contributed by atoms with van der Waals surface area (Å²) in [6.07, 6.45) is 3.22. The van der Waals surface area contributed by atoms with Crippen LogP contribution in [-0.2, 0) is 6.54 Å². The number of aromatic nitrogens is 2. The maximum Gasteiger partial charge on any atom is 0.150 e. The number of halogens is 1. The summed E-state index contributed by atoms with van der Waals surface area (Å²) in [6.45, 7) is 7.16. The third kappa shape index (κ3) is 4.66. The number of piperazine rings is 1. The van der Waals surface area contributed by atoms with E-state index in [4.69, 9.17) is 11.6 Å². The first-order valence-electron chi connectivity index (χ1n) is 8.37. The quantitative estimate of drug-likeness (QED) is 0.803. The lowest BCUT2D eigenvalue weighted by atomic mass is 10.2. The molecule has 0 aliphatic carbocycles. The first kappa shape index (κ1) is 17.1. The Morgan fingerprint density at radius 1 is 1.12 bits per heavy atom. The molecule has 0 bridgehead atoms. The molecule has 0 saturated carbocycles. The highest BCUT2D eigenvalue weighted by atomic mass is 35.5. The molecule has 0 spiro atoms. The molecule has 0 amide bonds. The van der Waals surface area contributed by atoms with Crippen molar-refractivity contribution >= 4 is 17.4 Å². The molecule has 5 nitrogen and oxygen atoms in total. The monoisotopic (exact) mass is 345 g/mol. The van der Waals surface area contributed by atoms with Gasteiger partial charge in [-0.05, 0) is 12.6 Å². The fourth-order valence-corrected chi connectivity index (χ4v) is 3.23. The Balaban J connectivity index is 1.42. The first-order valence-corrected chi connectivity index (χ1v) is 8.75. The minimum atomic E-state index is 0.633. The van der Waals surface area contributed by atoms with Crippen molar-refractivity contribution in [3.05, 3.63) is 53.4 Å². The zero-order chi connectivity index (χ0) is 16.8. The van der Waals surface area contributed by atoms with Gasteiger partial charge in [-0.25, -0.2) is 9.97 Å². The van der Waals surface area contributed by atoms with E-state index >= 15 is 0 Å². The van der Waals surface area contributed by atoms with E-state index in [0.29, 0.717) is 5.02 Å². The van der Waals surface area contributed by atoms with Crippen LogP contribution in [-0.4, -0.2) is 66.1 Å². The molecule has 0 N–H and O–H groups in total. The average Bonchev–Trinajstić information content (AvgIpc) is 2.62. The van der Waals surface area contributed by atoms with E-state index in [-0.39, 0.29) is 0 Å². The molecule has 0 unspecified atom stereocenters. The fourth-order valence-electron chi connectivity index (χ4n) is 3.01. The molecular formula is C18H24ClN5. The molecule has 24 heavy (non-hydrogen) atoms. The van der Waals surface area contributed by atoms with Crippen LogP contribution in [0.1, 0.15) is 5.56 Å². The third-order valence-corrected chi connectivity index (χ3v) is 4.68. The molecule has 1 aromatic carbocycles. The molecule has 3 rings (SSSR count). The van der Waals surface area contributed by atoms with Crippen LogP contribution < -0.4 is 4.90 Å². The second kappa shape index (κ2) is 8.42. The van der Waals surface area contributed by atoms with Gasteiger partial charge in [0.1, 0.15) is 11.3 Å². The molecular weight excluding hydrogens is 322 g/mol. The molecule has 128 valence electrons. The van der Waals surface area contributed by atoms with Crippen LogP contribution in [0.5, 0.6) is 0 Å². The summed E-state index contributed by atoms with van der Waals surface area (Å²) < 4.78 is 0. The number of hydrogen-bond acceptors (Lipinski definition) is 5. The fraction of sp³-hybridized carbons (Fsp3) is 0.444. The summed E-state index contributed by atoms with van der Waals surface area (Å²) in [4.78, 5) is 15.4. The highest BCUT2D eigenvalue weighted by Gasteiger charge is 2.19. The van der Waals surface area contributed by atoms with E-state index in [2.05, 4.69) is 62.0 Å². The minimum absolute atomic E-state index is 0.633. The summed E-state index contributed by atoms with van der Waals surface area (Å²) in [7, 11) is 2.18. The first-order chi connectivity index (χ1) is 11.7. The predicted octanol–water partition coefficient (Wildman–Crippen LogP) is 2.38. The molecule has 1 saturated heterocycles. The summed E-state index contributed by atoms with van der Waals surface area (Å²) in [5.41, 5.74) is 1.36. The third-order valence-electron chi connectivity index (χ3n) is 4.41. The molecule has 0 atom stereocenters. The van der Waals surface area contributed by atoms with Gasteiger partial charge in [0.05, 0.1) is 6.20 Å². The van der Waals surface area contributed by atoms with Gasteiger partial charge in [-0.1, -0.05) is 41.9 Å². The smallest absolute Gasteiger partial charge is 0.150 e. The van der Waals surface area contributed by atoms with Crippen molar-refractivity contribution in [3.63, 3.8) is 0 Å². The predicted molar refractivity (Wildman–Crippen MR) is 98.5 cm³/mol. The van der Waals surface area contributed by atoms with Crippen molar-refractivity contribution < 1.29 is 0 Å². The van der Waals surface area contributed by atoms with E-state index in [0.717, 1.165) is 51.6 Å². The molecule has 2 heterocycles. The van der Waals surface area contributed by atoms with E-state index < -0.39 is 0 Å². The van der Waals surface area contributed by atoms with Gasteiger partial charge >= 0.3 is 0 Å². The molecule has 1 aromatic heterocycles. The van der Waals surface area contributed by atoms with Gasteiger partial charge in [-0.15, -0.1) is 0 Å². The summed E-state index contributed by atoms with van der Waals surface area (Å²) in [5, 5.41) is 0.633. The van der Waals surface area contributed by atoms with Crippen molar-refractivity contribution in [1.29, 1.82) is 0 Å². The number of nitrogens with zero attached hydrogens (tertiary/aromatic N) is 5. The van der Waals surface area contributed by atoms with Crippen molar-refractivity contribution in [2.45, 2.75) is 6.54 Å². The van der Waals surface area contributed by atoms with Gasteiger partial charge in [-0.2, -0.15) is 0 Å². The van der Waals surface area contributed by atoms with Crippen LogP contribution in [0.25, 0.3) is 0 Å². The number of rotatable bonds is 6. The van der Waals surface area contributed by atoms with E-state index in [1.807, 2.05) is 0 Å². The molecule has 1 aliphatic rings. The van der Waals surface area contributed by atoms with Crippen LogP contribution in [0, 0.1) is 0 Å². The standard InChI is InChI=1S/C18H24ClN5/c1-22(14-16-5-3-2-4-6-16)7-8-23-9-11-24(12-10-23)18-17(19)13-20-15-21-18/h2-6,13,15H,7-12,14H2,1H3. The molecule has 0 radical (unpaired) electrons. The lowest BCUT2D eigenvalue weighted by Gasteiger charge is -2.36. The van der Waals surface area contributed by atoms with Crippen LogP contribution in [0.2, 0.25) is 5.02 Å². The van der Waals surface area contributed by atoms with Crippen LogP contribution in [0.15, 0.2) is 42.9 Å². The Morgan fingerprint density at radius 3 is 2.58 bits per heavy atom. The van der Waals surface area contributed by atoms with Crippen molar-refractivity contribution in [1.82, 2.24) is 19.8 Å². The average molecular weight is 346 g/mol. The Hall–Kier alpha value is -1.69. The maximum absolute atomic E-state index is 6.19. The van der Waals surface area contributed by atoms with Crippen LogP contribution in [0.3, 0.4) is 0 Å². The van der Waals surface area contributed by atoms with Crippen LogP contribution in [0.4, 0.5) is 5.82 Å². The molecule has 6 heteroatoms. The maximum atomic E-state index is 6.19. The van der Waals surface area contributed by atoms with Gasteiger partial charge in [0.25, 0.3) is 0 Å². The molecule has 2 aromatic rings. The Labute approximate surface area is 148 Å². The lowest BCUT2D eigenvalue weighted by Crippen LogP contribution is -2.48. The molecule has 1 aliphatic heterocycles. The zero-order valence-electron chi connectivity index (χ0n) is 14.1. The summed E-state index contributed by atoms with van der Waals surface area (Å²) in [5.74, 6) is 0.854. The Bertz CT molecular complexity index is 628. The normalized spacial score (nSPS) is 15.9. The van der Waals surface area contributed by atoms with Gasteiger partial charge in [-0.3, -0.25) is 4.90 Å².